The van der Waals surface area contributed by atoms with Gasteiger partial charge in [-0.2, -0.15) is 13.2 Å². The summed E-state index contributed by atoms with van der Waals surface area (Å²) in [5.41, 5.74) is 0. The van der Waals surface area contributed by atoms with Gasteiger partial charge in [0.25, 0.3) is 0 Å². The van der Waals surface area contributed by atoms with Gasteiger partial charge in [0.1, 0.15) is 0 Å². The topological polar surface area (TPSA) is 32.3 Å². The molecule has 3 nitrogen and oxygen atoms in total. The molecule has 0 aromatic rings. The Kier molecular flexibility index (Phi) is 4.62. The van der Waals surface area contributed by atoms with Gasteiger partial charge in [0, 0.05) is 31.1 Å². The van der Waals surface area contributed by atoms with Gasteiger partial charge >= 0.3 is 6.18 Å². The number of nitrogens with one attached hydrogen (secondary N) is 1. The molecule has 0 bridgehead atoms. The van der Waals surface area contributed by atoms with E-state index < -0.39 is 18.0 Å². The normalized spacial score (nSPS) is 36.0. The van der Waals surface area contributed by atoms with Crippen molar-refractivity contribution in [2.75, 3.05) is 13.1 Å². The SMILES string of the molecule is CC1CN(C(=O)C2CCCC(C(F)(F)F)C2)CC(C)N1. The van der Waals surface area contributed by atoms with Crippen molar-refractivity contribution in [2.24, 2.45) is 11.8 Å². The standard InChI is InChI=1S/C14H23F3N2O/c1-9-7-19(8-10(2)18-9)13(20)11-4-3-5-12(6-11)14(15,16)17/h9-12,18H,3-8H2,1-2H3. The largest absolute Gasteiger partial charge is 0.391 e. The monoisotopic (exact) mass is 292 g/mol. The molecule has 4 unspecified atom stereocenters. The minimum Gasteiger partial charge on any atom is -0.339 e. The summed E-state index contributed by atoms with van der Waals surface area (Å²) in [7, 11) is 0. The molecule has 1 N–H and O–H groups in total. The Morgan fingerprint density at radius 3 is 2.30 bits per heavy atom. The first kappa shape index (κ1) is 15.6. The zero-order chi connectivity index (χ0) is 14.9. The molecule has 1 saturated heterocycles. The molecule has 1 saturated carbocycles. The van der Waals surface area contributed by atoms with Crippen LogP contribution in [0, 0.1) is 11.8 Å². The summed E-state index contributed by atoms with van der Waals surface area (Å²) in [6.07, 6.45) is -2.93. The van der Waals surface area contributed by atoms with Crippen molar-refractivity contribution in [1.82, 2.24) is 10.2 Å². The molecule has 1 aliphatic carbocycles. The molecule has 4 atom stereocenters. The molecule has 0 aromatic heterocycles. The van der Waals surface area contributed by atoms with Gasteiger partial charge in [0.15, 0.2) is 0 Å². The van der Waals surface area contributed by atoms with E-state index >= 15 is 0 Å². The molecule has 1 heterocycles. The van der Waals surface area contributed by atoms with Crippen molar-refractivity contribution >= 4 is 5.91 Å². The molecule has 20 heavy (non-hydrogen) atoms. The summed E-state index contributed by atoms with van der Waals surface area (Å²) in [6.45, 7) is 5.18. The third kappa shape index (κ3) is 3.65. The second kappa shape index (κ2) is 5.92. The highest BCUT2D eigenvalue weighted by atomic mass is 19.4. The average Bonchev–Trinajstić information content (AvgIpc) is 2.36. The quantitative estimate of drug-likeness (QED) is 0.805. The van der Waals surface area contributed by atoms with E-state index in [0.717, 1.165) is 0 Å². The Morgan fingerprint density at radius 2 is 1.75 bits per heavy atom. The van der Waals surface area contributed by atoms with Crippen LogP contribution in [0.5, 0.6) is 0 Å². The Bertz CT molecular complexity index is 349. The molecule has 1 amide bonds. The van der Waals surface area contributed by atoms with Crippen LogP contribution in [-0.2, 0) is 4.79 Å². The molecule has 1 aliphatic heterocycles. The van der Waals surface area contributed by atoms with Crippen LogP contribution in [0.15, 0.2) is 0 Å². The Hall–Kier alpha value is -0.780. The van der Waals surface area contributed by atoms with E-state index in [2.05, 4.69) is 5.32 Å². The highest BCUT2D eigenvalue weighted by molar-refractivity contribution is 5.79. The summed E-state index contributed by atoms with van der Waals surface area (Å²) in [5.74, 6) is -1.84. The zero-order valence-corrected chi connectivity index (χ0v) is 12.0. The minimum absolute atomic E-state index is 0.0327. The van der Waals surface area contributed by atoms with Gasteiger partial charge in [-0.05, 0) is 33.1 Å². The van der Waals surface area contributed by atoms with E-state index in [-0.39, 0.29) is 30.8 Å². The molecular formula is C14H23F3N2O. The van der Waals surface area contributed by atoms with Crippen molar-refractivity contribution in [3.05, 3.63) is 0 Å². The average molecular weight is 292 g/mol. The van der Waals surface area contributed by atoms with Crippen molar-refractivity contribution < 1.29 is 18.0 Å². The number of rotatable bonds is 1. The van der Waals surface area contributed by atoms with Crippen LogP contribution in [0.3, 0.4) is 0 Å². The van der Waals surface area contributed by atoms with E-state index in [1.165, 1.54) is 0 Å². The predicted molar refractivity (Wildman–Crippen MR) is 70.1 cm³/mol. The molecule has 0 aromatic carbocycles. The van der Waals surface area contributed by atoms with Crippen LogP contribution >= 0.6 is 0 Å². The second-order valence-corrected chi connectivity index (χ2v) is 6.31. The fraction of sp³-hybridized carbons (Fsp3) is 0.929. The predicted octanol–water partition coefficient (Wildman–Crippen LogP) is 2.56. The lowest BCUT2D eigenvalue weighted by atomic mass is 9.80. The first-order chi connectivity index (χ1) is 9.27. The Labute approximate surface area is 117 Å². The van der Waals surface area contributed by atoms with Gasteiger partial charge in [-0.15, -0.1) is 0 Å². The van der Waals surface area contributed by atoms with Gasteiger partial charge in [0.2, 0.25) is 5.91 Å². The summed E-state index contributed by atoms with van der Waals surface area (Å²) >= 11 is 0. The number of hydrogen-bond donors (Lipinski definition) is 1. The van der Waals surface area contributed by atoms with E-state index in [9.17, 15) is 18.0 Å². The number of carbonyl (C=O) groups excluding carboxylic acids is 1. The number of hydrogen-bond acceptors (Lipinski definition) is 2. The molecule has 0 radical (unpaired) electrons. The fourth-order valence-corrected chi connectivity index (χ4v) is 3.48. The summed E-state index contributed by atoms with van der Waals surface area (Å²) in [5, 5.41) is 3.33. The number of piperazine rings is 1. The van der Waals surface area contributed by atoms with Crippen LogP contribution in [-0.4, -0.2) is 42.2 Å². The van der Waals surface area contributed by atoms with Crippen molar-refractivity contribution in [3.8, 4) is 0 Å². The second-order valence-electron chi connectivity index (χ2n) is 6.31. The first-order valence-electron chi connectivity index (χ1n) is 7.39. The highest BCUT2D eigenvalue weighted by Crippen LogP contribution is 2.40. The summed E-state index contributed by atoms with van der Waals surface area (Å²) in [6, 6.07) is 0.398. The Morgan fingerprint density at radius 1 is 1.15 bits per heavy atom. The molecule has 2 rings (SSSR count). The third-order valence-electron chi connectivity index (χ3n) is 4.36. The van der Waals surface area contributed by atoms with Crippen LogP contribution in [0.1, 0.15) is 39.5 Å². The van der Waals surface area contributed by atoms with Crippen LogP contribution in [0.25, 0.3) is 0 Å². The summed E-state index contributed by atoms with van der Waals surface area (Å²) in [4.78, 5) is 14.2. The van der Waals surface area contributed by atoms with Gasteiger partial charge < -0.3 is 10.2 Å². The third-order valence-corrected chi connectivity index (χ3v) is 4.36. The molecular weight excluding hydrogens is 269 g/mol. The Balaban J connectivity index is 1.98. The number of carbonyl (C=O) groups is 1. The lowest BCUT2D eigenvalue weighted by molar-refractivity contribution is -0.187. The highest BCUT2D eigenvalue weighted by Gasteiger charge is 2.44. The molecule has 2 fully saturated rings. The van der Waals surface area contributed by atoms with E-state index in [1.807, 2.05) is 13.8 Å². The van der Waals surface area contributed by atoms with Crippen LogP contribution < -0.4 is 5.32 Å². The summed E-state index contributed by atoms with van der Waals surface area (Å²) < 4.78 is 38.4. The van der Waals surface area contributed by atoms with Crippen molar-refractivity contribution in [2.45, 2.75) is 57.8 Å². The zero-order valence-electron chi connectivity index (χ0n) is 12.0. The first-order valence-corrected chi connectivity index (χ1v) is 7.39. The fourth-order valence-electron chi connectivity index (χ4n) is 3.48. The van der Waals surface area contributed by atoms with Gasteiger partial charge in [-0.1, -0.05) is 6.42 Å². The van der Waals surface area contributed by atoms with Crippen LogP contribution in [0.2, 0.25) is 0 Å². The lowest BCUT2D eigenvalue weighted by Gasteiger charge is -2.39. The number of nitrogens with zero attached hydrogens (tertiary/aromatic N) is 1. The smallest absolute Gasteiger partial charge is 0.339 e. The minimum atomic E-state index is -4.16. The van der Waals surface area contributed by atoms with E-state index in [0.29, 0.717) is 25.9 Å². The molecule has 2 aliphatic rings. The molecule has 0 spiro atoms. The molecule has 6 heteroatoms. The van der Waals surface area contributed by atoms with Gasteiger partial charge in [0.05, 0.1) is 5.92 Å². The van der Waals surface area contributed by atoms with Crippen molar-refractivity contribution in [3.63, 3.8) is 0 Å². The maximum absolute atomic E-state index is 12.8. The maximum atomic E-state index is 12.8. The van der Waals surface area contributed by atoms with Crippen LogP contribution in [0.4, 0.5) is 13.2 Å². The lowest BCUT2D eigenvalue weighted by Crippen LogP contribution is -2.57. The number of alkyl halides is 3. The van der Waals surface area contributed by atoms with Gasteiger partial charge in [-0.25, -0.2) is 0 Å². The number of halogens is 3. The molecule has 116 valence electrons. The van der Waals surface area contributed by atoms with Crippen molar-refractivity contribution in [1.29, 1.82) is 0 Å². The van der Waals surface area contributed by atoms with E-state index in [4.69, 9.17) is 0 Å². The maximum Gasteiger partial charge on any atom is 0.391 e. The van der Waals surface area contributed by atoms with E-state index in [1.54, 1.807) is 4.90 Å². The van der Waals surface area contributed by atoms with Gasteiger partial charge in [-0.3, -0.25) is 4.79 Å². The number of amides is 1.